The smallest absolute Gasteiger partial charge is 0.200 e. The second-order valence-corrected chi connectivity index (χ2v) is 10.2. The fourth-order valence-corrected chi connectivity index (χ4v) is 5.31. The van der Waals surface area contributed by atoms with E-state index in [9.17, 15) is 39.5 Å². The number of hydrogen-bond donors (Lipinski definition) is 0. The summed E-state index contributed by atoms with van der Waals surface area (Å²) in [6, 6.07) is 13.2. The summed E-state index contributed by atoms with van der Waals surface area (Å²) in [5.41, 5.74) is -9.41. The molecule has 0 fully saturated rings. The van der Waals surface area contributed by atoms with Crippen molar-refractivity contribution in [2.45, 2.75) is 4.90 Å². The Bertz CT molecular complexity index is 1750. The average Bonchev–Trinajstić information content (AvgIpc) is 3.07. The van der Waals surface area contributed by atoms with E-state index < -0.39 is 115 Å². The minimum Gasteiger partial charge on any atom is -0.207 e. The van der Waals surface area contributed by atoms with Crippen molar-refractivity contribution in [2.75, 3.05) is 0 Å². The van der Waals surface area contributed by atoms with E-state index in [0.29, 0.717) is 12.1 Å². The molecule has 0 unspecified atom stereocenters. The first kappa shape index (κ1) is 35.3. The predicted molar refractivity (Wildman–Crippen MR) is 144 cm³/mol. The summed E-state index contributed by atoms with van der Waals surface area (Å²) in [6.45, 7) is 0. The minimum atomic E-state index is -5.72. The molecule has 0 radical (unpaired) electrons. The van der Waals surface area contributed by atoms with Crippen LogP contribution < -0.4 is 21.9 Å². The summed E-state index contributed by atoms with van der Waals surface area (Å²) in [5.74, 6) is -45.5. The fourth-order valence-electron chi connectivity index (χ4n) is 5.12. The van der Waals surface area contributed by atoms with Crippen molar-refractivity contribution in [2.24, 2.45) is 0 Å². The van der Waals surface area contributed by atoms with Crippen molar-refractivity contribution in [1.29, 1.82) is 0 Å². The molecule has 0 saturated carbocycles. The zero-order valence-electron chi connectivity index (χ0n) is 22.5. The maximum Gasteiger partial charge on any atom is 0.200 e. The zero-order valence-corrected chi connectivity index (χ0v) is 23.5. The highest BCUT2D eigenvalue weighted by Crippen LogP contribution is 2.28. The monoisotopic (exact) mass is 700 g/mol. The number of benzene rings is 5. The maximum absolute atomic E-state index is 15.3. The Labute approximate surface area is 259 Å². The highest BCUT2D eigenvalue weighted by molar-refractivity contribution is 7.58. The molecule has 0 amide bonds. The Morgan fingerprint density at radius 3 is 0.723 bits per heavy atom. The topological polar surface area (TPSA) is 0 Å². The van der Waals surface area contributed by atoms with Crippen molar-refractivity contribution in [3.05, 3.63) is 148 Å². The molecule has 0 heterocycles. The van der Waals surface area contributed by atoms with Crippen LogP contribution in [0.4, 0.5) is 65.9 Å². The molecule has 0 nitrogen and oxygen atoms in total. The van der Waals surface area contributed by atoms with Gasteiger partial charge in [0.05, 0.1) is 0 Å². The van der Waals surface area contributed by atoms with E-state index in [-0.39, 0.29) is 0 Å². The van der Waals surface area contributed by atoms with E-state index >= 15 is 26.3 Å². The normalized spacial score (nSPS) is 11.4. The van der Waals surface area contributed by atoms with Crippen LogP contribution in [0.1, 0.15) is 0 Å². The molecule has 0 aromatic heterocycles. The van der Waals surface area contributed by atoms with Crippen molar-refractivity contribution in [1.82, 2.24) is 0 Å². The van der Waals surface area contributed by atoms with Crippen molar-refractivity contribution >= 4 is 40.6 Å². The molecule has 0 saturated heterocycles. The number of halogens is 15. The summed E-state index contributed by atoms with van der Waals surface area (Å²) in [5, 5.41) is 0. The third-order valence-electron chi connectivity index (χ3n) is 7.10. The fraction of sp³-hybridized carbons (Fsp3) is 0. The van der Waals surface area contributed by atoms with Gasteiger partial charge < -0.3 is 0 Å². The van der Waals surface area contributed by atoms with Gasteiger partial charge in [-0.3, -0.25) is 0 Å². The highest BCUT2D eigenvalue weighted by atomic mass is 32.1. The van der Waals surface area contributed by atoms with Gasteiger partial charge in [0.1, 0.15) is 45.9 Å². The van der Waals surface area contributed by atoms with Crippen LogP contribution in [0, 0.1) is 87.3 Å². The van der Waals surface area contributed by atoms with Crippen LogP contribution in [-0.4, -0.2) is 6.15 Å². The van der Waals surface area contributed by atoms with Gasteiger partial charge in [-0.15, -0.1) is 16.4 Å². The second kappa shape index (κ2) is 13.3. The van der Waals surface area contributed by atoms with Crippen LogP contribution in [0.3, 0.4) is 0 Å². The minimum absolute atomic E-state index is 0.397. The van der Waals surface area contributed by atoms with E-state index in [0.717, 1.165) is 23.1 Å². The van der Waals surface area contributed by atoms with Gasteiger partial charge in [-0.25, -0.2) is 65.9 Å². The molecular formula is C30H12BF15S. The first-order chi connectivity index (χ1) is 22.0. The molecule has 246 valence electrons. The molecule has 47 heavy (non-hydrogen) atoms. The third-order valence-corrected chi connectivity index (χ3v) is 7.44. The Kier molecular flexibility index (Phi) is 9.99. The standard InChI is InChI=1S/C24H5BF15.C6H6S/c26-10-7(11(27)17(33)22(38)16(10)32)25(6-4-2-1-3-5-6,8-12(28)18(34)23(39)19(35)13(8)29)9-14(30)20(36)24(40)21(37)15(9)31;7-6-4-2-1-3-5-6/h1-5H;1-5,7H/q-1;/p+1. The maximum atomic E-state index is 15.3. The van der Waals surface area contributed by atoms with Gasteiger partial charge in [0.2, 0.25) is 0 Å². The lowest BCUT2D eigenvalue weighted by Gasteiger charge is -2.44. The van der Waals surface area contributed by atoms with Gasteiger partial charge in [-0.05, 0) is 24.8 Å². The van der Waals surface area contributed by atoms with Crippen molar-refractivity contribution < 1.29 is 65.9 Å². The summed E-state index contributed by atoms with van der Waals surface area (Å²) < 4.78 is 220. The molecule has 0 spiro atoms. The molecule has 0 N–H and O–H groups in total. The van der Waals surface area contributed by atoms with Crippen LogP contribution in [0.2, 0.25) is 0 Å². The van der Waals surface area contributed by atoms with Crippen LogP contribution >= 0.6 is 0 Å². The lowest BCUT2D eigenvalue weighted by atomic mass is 9.12. The van der Waals surface area contributed by atoms with Crippen LogP contribution in [-0.2, 0) is 12.6 Å². The number of hydrogen-bond acceptors (Lipinski definition) is 0. The molecule has 0 aliphatic heterocycles. The zero-order chi connectivity index (χ0) is 35.1. The van der Waals surface area contributed by atoms with E-state index in [1.165, 1.54) is 0 Å². The predicted octanol–water partition coefficient (Wildman–Crippen LogP) is 6.21. The van der Waals surface area contributed by atoms with E-state index in [2.05, 4.69) is 12.6 Å². The molecule has 0 atom stereocenters. The van der Waals surface area contributed by atoms with Crippen molar-refractivity contribution in [3.8, 4) is 0 Å². The van der Waals surface area contributed by atoms with Gasteiger partial charge in [0, 0.05) is 0 Å². The average molecular weight is 700 g/mol. The molecule has 5 aromatic carbocycles. The first-order valence-corrected chi connectivity index (χ1v) is 13.1. The van der Waals surface area contributed by atoms with E-state index in [4.69, 9.17) is 0 Å². The summed E-state index contributed by atoms with van der Waals surface area (Å²) in [6.07, 6.45) is -5.72. The molecule has 17 heteroatoms. The summed E-state index contributed by atoms with van der Waals surface area (Å²) in [7, 11) is 0. The quantitative estimate of drug-likeness (QED) is 0.0689. The molecular weight excluding hydrogens is 688 g/mol. The van der Waals surface area contributed by atoms with Gasteiger partial charge in [0.15, 0.2) is 52.4 Å². The first-order valence-electron chi connectivity index (χ1n) is 12.6. The highest BCUT2D eigenvalue weighted by Gasteiger charge is 2.48. The Hall–Kier alpha value is -4.54. The number of rotatable bonds is 4. The van der Waals surface area contributed by atoms with Crippen LogP contribution in [0.15, 0.2) is 65.6 Å². The Morgan fingerprint density at radius 1 is 0.298 bits per heavy atom. The molecule has 0 aliphatic rings. The van der Waals surface area contributed by atoms with Gasteiger partial charge >= 0.3 is 0 Å². The van der Waals surface area contributed by atoms with Gasteiger partial charge in [-0.1, -0.05) is 48.5 Å². The second-order valence-electron chi connectivity index (χ2n) is 9.59. The largest absolute Gasteiger partial charge is 0.207 e. The Morgan fingerprint density at radius 2 is 0.511 bits per heavy atom. The molecule has 0 bridgehead atoms. The van der Waals surface area contributed by atoms with Gasteiger partial charge in [-0.2, -0.15) is 5.46 Å². The lowest BCUT2D eigenvalue weighted by molar-refractivity contribution is 0.380. The lowest BCUT2D eigenvalue weighted by Crippen LogP contribution is -2.79. The Balaban J connectivity index is 0.000000632. The van der Waals surface area contributed by atoms with E-state index in [1.807, 2.05) is 30.3 Å². The summed E-state index contributed by atoms with van der Waals surface area (Å²) in [4.78, 5) is 1.13. The molecule has 0 aliphatic carbocycles. The molecule has 5 aromatic rings. The summed E-state index contributed by atoms with van der Waals surface area (Å²) >= 11 is 3.36. The third kappa shape index (κ3) is 5.59. The SMILES string of the molecule is Fc1c(F)c(F)c([B-](c2ccccc2)(c2c(F)c(F)c(F)c(F)c2F)c2c(F)c(F)c(F)c(F)c2F)c(F)c1F.[SH2+]c1ccccc1. The van der Waals surface area contributed by atoms with Crippen molar-refractivity contribution in [3.63, 3.8) is 0 Å². The van der Waals surface area contributed by atoms with E-state index in [1.54, 1.807) is 0 Å². The van der Waals surface area contributed by atoms with Gasteiger partial charge in [0.25, 0.3) is 0 Å². The van der Waals surface area contributed by atoms with Crippen LogP contribution in [0.25, 0.3) is 0 Å². The molecule has 5 rings (SSSR count). The van der Waals surface area contributed by atoms with Crippen LogP contribution in [0.5, 0.6) is 0 Å².